The fourth-order valence-corrected chi connectivity index (χ4v) is 0.866. The molecular formula is C11H27N2O5S+. The van der Waals surface area contributed by atoms with Gasteiger partial charge in [-0.3, -0.25) is 13.9 Å². The van der Waals surface area contributed by atoms with Crippen LogP contribution in [0.1, 0.15) is 20.3 Å². The topological polar surface area (TPSA) is 104 Å². The Hall–Kier alpha value is -0.960. The molecule has 0 bridgehead atoms. The summed E-state index contributed by atoms with van der Waals surface area (Å²) in [5.41, 5.74) is 0. The molecule has 116 valence electrons. The van der Waals surface area contributed by atoms with Crippen molar-refractivity contribution in [3.8, 4) is 0 Å². The molecule has 0 aromatic rings. The van der Waals surface area contributed by atoms with Crippen LogP contribution in [0.15, 0.2) is 12.7 Å². The lowest BCUT2D eigenvalue weighted by molar-refractivity contribution is -0.888. The Kier molecular flexibility index (Phi) is 14.7. The zero-order valence-electron chi connectivity index (χ0n) is 12.4. The van der Waals surface area contributed by atoms with E-state index in [0.29, 0.717) is 0 Å². The molecule has 0 heterocycles. The average Bonchev–Trinajstić information content (AvgIpc) is 2.26. The van der Waals surface area contributed by atoms with Gasteiger partial charge < -0.3 is 9.80 Å². The van der Waals surface area contributed by atoms with Crippen LogP contribution in [-0.2, 0) is 15.2 Å². The third-order valence-electron chi connectivity index (χ3n) is 2.12. The molecule has 19 heavy (non-hydrogen) atoms. The molecule has 0 fully saturated rings. The number of carbonyl (C=O) groups is 1. The molecule has 7 nitrogen and oxygen atoms in total. The van der Waals surface area contributed by atoms with Crippen molar-refractivity contribution in [2.24, 2.45) is 0 Å². The van der Waals surface area contributed by atoms with Crippen molar-refractivity contribution in [3.63, 3.8) is 0 Å². The predicted molar refractivity (Wildman–Crippen MR) is 76.2 cm³/mol. The first-order chi connectivity index (χ1) is 8.43. The van der Waals surface area contributed by atoms with Gasteiger partial charge in [-0.1, -0.05) is 13.5 Å². The molecule has 0 aliphatic carbocycles. The van der Waals surface area contributed by atoms with Gasteiger partial charge in [-0.15, -0.1) is 0 Å². The van der Waals surface area contributed by atoms with Crippen molar-refractivity contribution in [1.82, 2.24) is 5.32 Å². The summed E-state index contributed by atoms with van der Waals surface area (Å²) in [5, 5.41) is 2.36. The Morgan fingerprint density at radius 3 is 1.74 bits per heavy atom. The van der Waals surface area contributed by atoms with Gasteiger partial charge in [0, 0.05) is 7.05 Å². The minimum Gasteiger partial charge on any atom is -0.356 e. The second-order valence-electron chi connectivity index (χ2n) is 4.24. The Labute approximate surface area is 116 Å². The van der Waals surface area contributed by atoms with Crippen molar-refractivity contribution in [2.75, 3.05) is 34.2 Å². The predicted octanol–water partition coefficient (Wildman–Crippen LogP) is 0.758. The maximum Gasteiger partial charge on any atom is 0.394 e. The van der Waals surface area contributed by atoms with Gasteiger partial charge in [-0.25, -0.2) is 0 Å². The van der Waals surface area contributed by atoms with Gasteiger partial charge >= 0.3 is 10.4 Å². The lowest BCUT2D eigenvalue weighted by Crippen LogP contribution is -2.39. The highest BCUT2D eigenvalue weighted by Crippen LogP contribution is 1.95. The number of amides is 1. The normalized spacial score (nSPS) is 10.3. The largest absolute Gasteiger partial charge is 0.394 e. The molecule has 0 unspecified atom stereocenters. The first-order valence-corrected chi connectivity index (χ1v) is 7.19. The van der Waals surface area contributed by atoms with E-state index in [9.17, 15) is 4.79 Å². The standard InChI is InChI=1S/C7H18N.C4H7NO.H2O4S/c1-5-7-8(3,4)6-2;1-3-4(6)5-2;1-5(2,3)4/h5-7H2,1-4H3;3H,1H2,2H3,(H,5,6);(H2,1,2,3,4)/q+1;;. The molecule has 0 spiro atoms. The summed E-state index contributed by atoms with van der Waals surface area (Å²) in [5.74, 6) is -0.144. The summed E-state index contributed by atoms with van der Waals surface area (Å²) in [7, 11) is 1.43. The van der Waals surface area contributed by atoms with Crippen molar-refractivity contribution in [1.29, 1.82) is 0 Å². The van der Waals surface area contributed by atoms with Crippen molar-refractivity contribution < 1.29 is 26.8 Å². The highest BCUT2D eigenvalue weighted by atomic mass is 32.3. The Morgan fingerprint density at radius 2 is 1.68 bits per heavy atom. The minimum absolute atomic E-state index is 0.144. The molecule has 0 saturated heterocycles. The number of hydrogen-bond donors (Lipinski definition) is 3. The fourth-order valence-electron chi connectivity index (χ4n) is 0.866. The molecule has 0 saturated carbocycles. The molecule has 0 aromatic heterocycles. The van der Waals surface area contributed by atoms with E-state index in [-0.39, 0.29) is 5.91 Å². The lowest BCUT2D eigenvalue weighted by atomic mass is 10.4. The molecule has 0 aromatic carbocycles. The lowest BCUT2D eigenvalue weighted by Gasteiger charge is -2.27. The number of hydrogen-bond acceptors (Lipinski definition) is 3. The van der Waals surface area contributed by atoms with Gasteiger partial charge in [0.2, 0.25) is 5.91 Å². The number of likely N-dealkylation sites (N-methyl/N-ethyl adjacent to an activating group) is 1. The summed E-state index contributed by atoms with van der Waals surface area (Å²) in [6.07, 6.45) is 2.51. The van der Waals surface area contributed by atoms with Crippen LogP contribution in [0.25, 0.3) is 0 Å². The van der Waals surface area contributed by atoms with Crippen LogP contribution in [-0.4, -0.2) is 62.1 Å². The SMILES string of the molecule is C=CC(=O)NC.CCC[N+](C)(C)CC.O=S(=O)(O)O. The average molecular weight is 299 g/mol. The number of nitrogens with one attached hydrogen (secondary N) is 1. The summed E-state index contributed by atoms with van der Waals surface area (Å²) in [6.45, 7) is 10.2. The van der Waals surface area contributed by atoms with Crippen molar-refractivity contribution in [2.45, 2.75) is 20.3 Å². The van der Waals surface area contributed by atoms with Gasteiger partial charge in [0.1, 0.15) is 0 Å². The van der Waals surface area contributed by atoms with Crippen LogP contribution in [0.4, 0.5) is 0 Å². The number of quaternary nitrogens is 1. The highest BCUT2D eigenvalue weighted by molar-refractivity contribution is 7.79. The van der Waals surface area contributed by atoms with Crippen LogP contribution in [0.3, 0.4) is 0 Å². The van der Waals surface area contributed by atoms with Gasteiger partial charge in [-0.05, 0) is 19.4 Å². The molecule has 0 aliphatic rings. The van der Waals surface area contributed by atoms with E-state index >= 15 is 0 Å². The molecule has 0 aliphatic heterocycles. The van der Waals surface area contributed by atoms with Crippen LogP contribution < -0.4 is 5.32 Å². The van der Waals surface area contributed by atoms with Gasteiger partial charge in [0.15, 0.2) is 0 Å². The summed E-state index contributed by atoms with van der Waals surface area (Å²) in [4.78, 5) is 9.95. The van der Waals surface area contributed by atoms with Crippen LogP contribution in [0.2, 0.25) is 0 Å². The molecule has 8 heteroatoms. The zero-order valence-corrected chi connectivity index (χ0v) is 13.2. The van der Waals surface area contributed by atoms with Crippen LogP contribution in [0, 0.1) is 0 Å². The molecule has 0 radical (unpaired) electrons. The van der Waals surface area contributed by atoms with E-state index in [4.69, 9.17) is 17.5 Å². The highest BCUT2D eigenvalue weighted by Gasteiger charge is 2.07. The van der Waals surface area contributed by atoms with Gasteiger partial charge in [0.25, 0.3) is 0 Å². The minimum atomic E-state index is -4.67. The Bertz CT molecular complexity index is 331. The quantitative estimate of drug-likeness (QED) is 0.404. The van der Waals surface area contributed by atoms with E-state index in [1.807, 2.05) is 0 Å². The smallest absolute Gasteiger partial charge is 0.356 e. The van der Waals surface area contributed by atoms with Crippen molar-refractivity contribution >= 4 is 16.3 Å². The Balaban J connectivity index is -0.000000209. The molecule has 0 rings (SSSR count). The molecule has 0 atom stereocenters. The van der Waals surface area contributed by atoms with E-state index in [1.54, 1.807) is 7.05 Å². The van der Waals surface area contributed by atoms with Crippen LogP contribution >= 0.6 is 0 Å². The monoisotopic (exact) mass is 299 g/mol. The molecule has 3 N–H and O–H groups in total. The second-order valence-corrected chi connectivity index (χ2v) is 5.14. The van der Waals surface area contributed by atoms with Crippen molar-refractivity contribution in [3.05, 3.63) is 12.7 Å². The summed E-state index contributed by atoms with van der Waals surface area (Å²) in [6, 6.07) is 0. The van der Waals surface area contributed by atoms with Gasteiger partial charge in [-0.2, -0.15) is 8.42 Å². The maximum absolute atomic E-state index is 9.95. The third kappa shape index (κ3) is 38.2. The van der Waals surface area contributed by atoms with E-state index < -0.39 is 10.4 Å². The van der Waals surface area contributed by atoms with E-state index in [0.717, 1.165) is 4.48 Å². The summed E-state index contributed by atoms with van der Waals surface area (Å²) < 4.78 is 32.7. The third-order valence-corrected chi connectivity index (χ3v) is 2.12. The van der Waals surface area contributed by atoms with Crippen LogP contribution in [0.5, 0.6) is 0 Å². The maximum atomic E-state index is 9.95. The first kappa shape index (κ1) is 23.2. The summed E-state index contributed by atoms with van der Waals surface area (Å²) >= 11 is 0. The first-order valence-electron chi connectivity index (χ1n) is 5.79. The number of carbonyl (C=O) groups excluding carboxylic acids is 1. The van der Waals surface area contributed by atoms with E-state index in [2.05, 4.69) is 39.8 Å². The second kappa shape index (κ2) is 12.1. The van der Waals surface area contributed by atoms with E-state index in [1.165, 1.54) is 25.6 Å². The number of rotatable bonds is 4. The van der Waals surface area contributed by atoms with Gasteiger partial charge in [0.05, 0.1) is 27.2 Å². The zero-order chi connectivity index (χ0) is 16.1. The Morgan fingerprint density at radius 1 is 1.32 bits per heavy atom. The molecule has 1 amide bonds. The fraction of sp³-hybridized carbons (Fsp3) is 0.727. The number of nitrogens with zero attached hydrogens (tertiary/aromatic N) is 1. The molecular weight excluding hydrogens is 272 g/mol.